The topological polar surface area (TPSA) is 86.1 Å². The molecule has 23 heavy (non-hydrogen) atoms. The lowest BCUT2D eigenvalue weighted by Gasteiger charge is -2.13. The van der Waals surface area contributed by atoms with Crippen LogP contribution in [-0.4, -0.2) is 33.8 Å². The fraction of sp³-hybridized carbons (Fsp3) is 0.375. The normalized spacial score (nSPS) is 11.2. The van der Waals surface area contributed by atoms with Gasteiger partial charge in [-0.1, -0.05) is 20.8 Å². The number of nitrogens with one attached hydrogen (secondary N) is 1. The van der Waals surface area contributed by atoms with Crippen LogP contribution in [0, 0.1) is 0 Å². The van der Waals surface area contributed by atoms with Gasteiger partial charge < -0.3 is 10.1 Å². The van der Waals surface area contributed by atoms with Gasteiger partial charge in [0.05, 0.1) is 18.4 Å². The van der Waals surface area contributed by atoms with Crippen molar-refractivity contribution in [3.63, 3.8) is 0 Å². The highest BCUT2D eigenvalue weighted by molar-refractivity contribution is 6.02. The van der Waals surface area contributed by atoms with Crippen molar-refractivity contribution in [3.8, 4) is 0 Å². The van der Waals surface area contributed by atoms with Gasteiger partial charge in [-0.25, -0.2) is 4.79 Å². The van der Waals surface area contributed by atoms with Crippen LogP contribution in [-0.2, 0) is 17.2 Å². The van der Waals surface area contributed by atoms with Crippen molar-refractivity contribution in [1.82, 2.24) is 14.8 Å². The van der Waals surface area contributed by atoms with Crippen molar-refractivity contribution in [1.29, 1.82) is 0 Å². The number of carbonyl (C=O) groups is 2. The molecule has 0 aliphatic carbocycles. The van der Waals surface area contributed by atoms with E-state index in [1.54, 1.807) is 11.7 Å². The number of nitrogens with zero attached hydrogens (tertiary/aromatic N) is 3. The van der Waals surface area contributed by atoms with E-state index in [9.17, 15) is 9.59 Å². The summed E-state index contributed by atoms with van der Waals surface area (Å²) in [4.78, 5) is 27.6. The van der Waals surface area contributed by atoms with Crippen LogP contribution in [0.4, 0.5) is 5.82 Å². The van der Waals surface area contributed by atoms with Crippen molar-refractivity contribution in [3.05, 3.63) is 41.3 Å². The molecule has 0 radical (unpaired) electrons. The fourth-order valence-electron chi connectivity index (χ4n) is 1.90. The zero-order valence-corrected chi connectivity index (χ0v) is 13.9. The quantitative estimate of drug-likeness (QED) is 0.877. The number of anilines is 1. The van der Waals surface area contributed by atoms with Crippen LogP contribution in [0.5, 0.6) is 0 Å². The SMILES string of the molecule is COC(=O)c1ccc(C(=O)Nc2cc(C(C)(C)C)nn2C)nc1. The highest BCUT2D eigenvalue weighted by Gasteiger charge is 2.20. The Kier molecular flexibility index (Phi) is 4.49. The Morgan fingerprint density at radius 2 is 1.96 bits per heavy atom. The maximum Gasteiger partial charge on any atom is 0.339 e. The molecule has 0 fully saturated rings. The molecule has 1 N–H and O–H groups in total. The van der Waals surface area contributed by atoms with Gasteiger partial charge in [0.1, 0.15) is 11.5 Å². The lowest BCUT2D eigenvalue weighted by Crippen LogP contribution is -2.16. The number of esters is 1. The minimum absolute atomic E-state index is 0.110. The number of pyridine rings is 1. The van der Waals surface area contributed by atoms with Gasteiger partial charge >= 0.3 is 5.97 Å². The average molecular weight is 316 g/mol. The van der Waals surface area contributed by atoms with Crippen molar-refractivity contribution in [2.24, 2.45) is 7.05 Å². The van der Waals surface area contributed by atoms with E-state index in [1.165, 1.54) is 25.4 Å². The van der Waals surface area contributed by atoms with Crippen LogP contribution in [0.25, 0.3) is 0 Å². The first kappa shape index (κ1) is 16.7. The lowest BCUT2D eigenvalue weighted by molar-refractivity contribution is 0.0600. The summed E-state index contributed by atoms with van der Waals surface area (Å²) in [5.41, 5.74) is 1.27. The van der Waals surface area contributed by atoms with Gasteiger partial charge in [-0.3, -0.25) is 14.5 Å². The Morgan fingerprint density at radius 1 is 1.26 bits per heavy atom. The molecule has 0 aliphatic rings. The van der Waals surface area contributed by atoms with E-state index in [1.807, 2.05) is 26.8 Å². The standard InChI is InChI=1S/C16H20N4O3/c1-16(2,3)12-8-13(20(4)19-12)18-14(21)11-7-6-10(9-17-11)15(22)23-5/h6-9H,1-5H3,(H,18,21). The molecular weight excluding hydrogens is 296 g/mol. The summed E-state index contributed by atoms with van der Waals surface area (Å²) in [5.74, 6) is -0.283. The van der Waals surface area contributed by atoms with Gasteiger partial charge in [0, 0.05) is 24.7 Å². The Balaban J connectivity index is 2.16. The van der Waals surface area contributed by atoms with E-state index in [0.717, 1.165) is 5.69 Å². The molecule has 0 bridgehead atoms. The van der Waals surface area contributed by atoms with Crippen LogP contribution < -0.4 is 5.32 Å². The maximum atomic E-state index is 12.2. The fourth-order valence-corrected chi connectivity index (χ4v) is 1.90. The highest BCUT2D eigenvalue weighted by atomic mass is 16.5. The molecule has 0 spiro atoms. The molecule has 2 aromatic heterocycles. The second-order valence-electron chi connectivity index (χ2n) is 6.17. The number of hydrogen-bond acceptors (Lipinski definition) is 5. The number of aryl methyl sites for hydroxylation is 1. The molecule has 7 heteroatoms. The Bertz CT molecular complexity index is 727. The number of methoxy groups -OCH3 is 1. The number of aromatic nitrogens is 3. The molecule has 0 aromatic carbocycles. The molecule has 0 atom stereocenters. The summed E-state index contributed by atoms with van der Waals surface area (Å²) in [6.07, 6.45) is 1.31. The first-order valence-electron chi connectivity index (χ1n) is 7.12. The van der Waals surface area contributed by atoms with Crippen LogP contribution in [0.15, 0.2) is 24.4 Å². The molecule has 2 rings (SSSR count). The van der Waals surface area contributed by atoms with Crippen LogP contribution in [0.1, 0.15) is 47.3 Å². The first-order valence-corrected chi connectivity index (χ1v) is 7.12. The lowest BCUT2D eigenvalue weighted by atomic mass is 9.92. The van der Waals surface area contributed by atoms with Gasteiger partial charge in [-0.05, 0) is 12.1 Å². The molecular formula is C16H20N4O3. The van der Waals surface area contributed by atoms with Gasteiger partial charge in [0.15, 0.2) is 0 Å². The molecule has 2 aromatic rings. The molecule has 0 saturated carbocycles. The van der Waals surface area contributed by atoms with Gasteiger partial charge in [-0.2, -0.15) is 5.10 Å². The molecule has 1 amide bonds. The van der Waals surface area contributed by atoms with Crippen molar-refractivity contribution in [2.75, 3.05) is 12.4 Å². The molecule has 0 saturated heterocycles. The van der Waals surface area contributed by atoms with E-state index < -0.39 is 5.97 Å². The van der Waals surface area contributed by atoms with Gasteiger partial charge in [0.25, 0.3) is 5.91 Å². The zero-order valence-electron chi connectivity index (χ0n) is 13.9. The minimum Gasteiger partial charge on any atom is -0.465 e. The smallest absolute Gasteiger partial charge is 0.339 e. The maximum absolute atomic E-state index is 12.2. The average Bonchev–Trinajstić information content (AvgIpc) is 2.88. The molecule has 0 aliphatic heterocycles. The van der Waals surface area contributed by atoms with Crippen LogP contribution >= 0.6 is 0 Å². The Hall–Kier alpha value is -2.70. The third kappa shape index (κ3) is 3.74. The van der Waals surface area contributed by atoms with Crippen molar-refractivity contribution < 1.29 is 14.3 Å². The van der Waals surface area contributed by atoms with E-state index in [2.05, 4.69) is 20.1 Å². The number of ether oxygens (including phenoxy) is 1. The number of amides is 1. The Morgan fingerprint density at radius 3 is 2.43 bits per heavy atom. The molecule has 7 nitrogen and oxygen atoms in total. The summed E-state index contributed by atoms with van der Waals surface area (Å²) in [5, 5.41) is 7.16. The summed E-state index contributed by atoms with van der Waals surface area (Å²) in [6.45, 7) is 6.15. The monoisotopic (exact) mass is 316 g/mol. The molecule has 122 valence electrons. The summed E-state index contributed by atoms with van der Waals surface area (Å²) < 4.78 is 6.20. The van der Waals surface area contributed by atoms with Crippen LogP contribution in [0.3, 0.4) is 0 Å². The number of hydrogen-bond donors (Lipinski definition) is 1. The summed E-state index contributed by atoms with van der Waals surface area (Å²) >= 11 is 0. The molecule has 0 unspecified atom stereocenters. The van der Waals surface area contributed by atoms with Crippen LogP contribution in [0.2, 0.25) is 0 Å². The third-order valence-electron chi connectivity index (χ3n) is 3.31. The van der Waals surface area contributed by atoms with E-state index in [4.69, 9.17) is 0 Å². The summed E-state index contributed by atoms with van der Waals surface area (Å²) in [6, 6.07) is 4.81. The predicted octanol–water partition coefficient (Wildman–Crippen LogP) is 2.15. The second-order valence-corrected chi connectivity index (χ2v) is 6.17. The van der Waals surface area contributed by atoms with Crippen molar-refractivity contribution in [2.45, 2.75) is 26.2 Å². The van der Waals surface area contributed by atoms with Gasteiger partial charge in [0.2, 0.25) is 0 Å². The number of carbonyl (C=O) groups excluding carboxylic acids is 2. The number of rotatable bonds is 3. The Labute approximate surface area is 134 Å². The van der Waals surface area contributed by atoms with E-state index in [-0.39, 0.29) is 17.0 Å². The van der Waals surface area contributed by atoms with E-state index >= 15 is 0 Å². The highest BCUT2D eigenvalue weighted by Crippen LogP contribution is 2.23. The predicted molar refractivity (Wildman–Crippen MR) is 85.4 cm³/mol. The minimum atomic E-state index is -0.495. The third-order valence-corrected chi connectivity index (χ3v) is 3.31. The van der Waals surface area contributed by atoms with E-state index in [0.29, 0.717) is 11.4 Å². The molecule has 2 heterocycles. The second kappa shape index (κ2) is 6.20. The largest absolute Gasteiger partial charge is 0.465 e. The van der Waals surface area contributed by atoms with Crippen molar-refractivity contribution >= 4 is 17.7 Å². The van der Waals surface area contributed by atoms with Gasteiger partial charge in [-0.15, -0.1) is 0 Å². The zero-order chi connectivity index (χ0) is 17.2. The summed E-state index contributed by atoms with van der Waals surface area (Å²) in [7, 11) is 3.05. The first-order chi connectivity index (χ1) is 10.7.